The van der Waals surface area contributed by atoms with Gasteiger partial charge in [0.25, 0.3) is 0 Å². The summed E-state index contributed by atoms with van der Waals surface area (Å²) < 4.78 is 17.8. The minimum absolute atomic E-state index is 0.227. The molecule has 0 aliphatic heterocycles. The molecule has 0 saturated heterocycles. The van der Waals surface area contributed by atoms with Crippen LogP contribution in [0.25, 0.3) is 0 Å². The van der Waals surface area contributed by atoms with E-state index in [0.29, 0.717) is 22.1 Å². The molecule has 0 fully saturated rings. The van der Waals surface area contributed by atoms with Gasteiger partial charge in [-0.15, -0.1) is 0 Å². The number of carbonyl (C=O) groups excluding carboxylic acids is 1. The van der Waals surface area contributed by atoms with E-state index in [1.807, 2.05) is 0 Å². The number of rotatable bonds is 3. The molecule has 2 aromatic rings. The van der Waals surface area contributed by atoms with Crippen molar-refractivity contribution in [1.29, 1.82) is 0 Å². The molecular weight excluding hydrogens is 283 g/mol. The third-order valence-electron chi connectivity index (χ3n) is 2.67. The standard InChI is InChI=1S/C14H12ClFN2O2/c1-20-14(19)10-7-9(3-5-12(10)17)18-13-6-8(16)2-4-11(13)15/h2-7,18H,17H2,1H3. The lowest BCUT2D eigenvalue weighted by atomic mass is 10.1. The van der Waals surface area contributed by atoms with Crippen molar-refractivity contribution in [3.8, 4) is 0 Å². The molecule has 0 saturated carbocycles. The number of benzene rings is 2. The van der Waals surface area contributed by atoms with Crippen molar-refractivity contribution in [2.45, 2.75) is 0 Å². The maximum Gasteiger partial charge on any atom is 0.340 e. The summed E-state index contributed by atoms with van der Waals surface area (Å²) in [5, 5.41) is 3.29. The number of nitrogen functional groups attached to an aromatic ring is 1. The molecule has 0 heterocycles. The first-order valence-corrected chi connectivity index (χ1v) is 6.09. The van der Waals surface area contributed by atoms with Crippen LogP contribution >= 0.6 is 11.6 Å². The third-order valence-corrected chi connectivity index (χ3v) is 3.00. The zero-order chi connectivity index (χ0) is 14.7. The predicted molar refractivity (Wildman–Crippen MR) is 76.9 cm³/mol. The van der Waals surface area contributed by atoms with E-state index in [-0.39, 0.29) is 5.56 Å². The summed E-state index contributed by atoms with van der Waals surface area (Å²) in [6.07, 6.45) is 0. The van der Waals surface area contributed by atoms with Gasteiger partial charge in [-0.1, -0.05) is 11.6 Å². The zero-order valence-corrected chi connectivity index (χ0v) is 11.4. The number of halogens is 2. The fourth-order valence-corrected chi connectivity index (χ4v) is 1.83. The maximum atomic E-state index is 13.2. The third kappa shape index (κ3) is 3.00. The highest BCUT2D eigenvalue weighted by atomic mass is 35.5. The number of nitrogens with one attached hydrogen (secondary N) is 1. The van der Waals surface area contributed by atoms with E-state index in [2.05, 4.69) is 10.1 Å². The molecule has 104 valence electrons. The van der Waals surface area contributed by atoms with Crippen LogP contribution in [0, 0.1) is 5.82 Å². The number of esters is 1. The summed E-state index contributed by atoms with van der Waals surface area (Å²) in [5.41, 5.74) is 7.17. The topological polar surface area (TPSA) is 64.3 Å². The summed E-state index contributed by atoms with van der Waals surface area (Å²) in [7, 11) is 1.27. The smallest absolute Gasteiger partial charge is 0.340 e. The van der Waals surface area contributed by atoms with Crippen molar-refractivity contribution < 1.29 is 13.9 Å². The molecular formula is C14H12ClFN2O2. The van der Waals surface area contributed by atoms with Crippen LogP contribution in [0.2, 0.25) is 5.02 Å². The van der Waals surface area contributed by atoms with Crippen molar-refractivity contribution in [3.05, 3.63) is 52.8 Å². The van der Waals surface area contributed by atoms with Crippen molar-refractivity contribution in [2.75, 3.05) is 18.2 Å². The maximum absolute atomic E-state index is 13.2. The number of hydrogen-bond acceptors (Lipinski definition) is 4. The van der Waals surface area contributed by atoms with Crippen LogP contribution in [-0.4, -0.2) is 13.1 Å². The first-order chi connectivity index (χ1) is 9.51. The van der Waals surface area contributed by atoms with Gasteiger partial charge in [-0.3, -0.25) is 0 Å². The van der Waals surface area contributed by atoms with E-state index in [1.165, 1.54) is 31.4 Å². The minimum atomic E-state index is -0.545. The highest BCUT2D eigenvalue weighted by Gasteiger charge is 2.11. The van der Waals surface area contributed by atoms with Crippen LogP contribution < -0.4 is 11.1 Å². The second-order valence-electron chi connectivity index (χ2n) is 4.04. The van der Waals surface area contributed by atoms with Crippen LogP contribution in [0.3, 0.4) is 0 Å². The van der Waals surface area contributed by atoms with Gasteiger partial charge in [0.2, 0.25) is 0 Å². The molecule has 0 aliphatic carbocycles. The lowest BCUT2D eigenvalue weighted by molar-refractivity contribution is 0.0602. The van der Waals surface area contributed by atoms with E-state index >= 15 is 0 Å². The van der Waals surface area contributed by atoms with Crippen LogP contribution in [-0.2, 0) is 4.74 Å². The van der Waals surface area contributed by atoms with E-state index in [1.54, 1.807) is 12.1 Å². The van der Waals surface area contributed by atoms with Crippen LogP contribution in [0.5, 0.6) is 0 Å². The zero-order valence-electron chi connectivity index (χ0n) is 10.6. The number of methoxy groups -OCH3 is 1. The van der Waals surface area contributed by atoms with Crippen molar-refractivity contribution in [2.24, 2.45) is 0 Å². The lowest BCUT2D eigenvalue weighted by Crippen LogP contribution is -2.06. The molecule has 0 spiro atoms. The van der Waals surface area contributed by atoms with Gasteiger partial charge in [-0.2, -0.15) is 0 Å². The summed E-state index contributed by atoms with van der Waals surface area (Å²) in [4.78, 5) is 11.5. The number of carbonyl (C=O) groups is 1. The Morgan fingerprint density at radius 2 is 2.05 bits per heavy atom. The van der Waals surface area contributed by atoms with Crippen molar-refractivity contribution >= 4 is 34.6 Å². The molecule has 0 atom stereocenters. The van der Waals surface area contributed by atoms with Gasteiger partial charge in [-0.25, -0.2) is 9.18 Å². The van der Waals surface area contributed by atoms with Gasteiger partial charge in [0.05, 0.1) is 23.4 Å². The van der Waals surface area contributed by atoms with Crippen molar-refractivity contribution in [3.63, 3.8) is 0 Å². The second-order valence-corrected chi connectivity index (χ2v) is 4.45. The van der Waals surface area contributed by atoms with Crippen LogP contribution in [0.1, 0.15) is 10.4 Å². The molecule has 4 nitrogen and oxygen atoms in total. The predicted octanol–water partition coefficient (Wildman–Crippen LogP) is 3.59. The molecule has 0 aromatic heterocycles. The van der Waals surface area contributed by atoms with Crippen LogP contribution in [0.4, 0.5) is 21.5 Å². The fourth-order valence-electron chi connectivity index (χ4n) is 1.67. The average Bonchev–Trinajstić information content (AvgIpc) is 2.44. The Labute approximate surface area is 120 Å². The Balaban J connectivity index is 2.34. The first kappa shape index (κ1) is 14.1. The van der Waals surface area contributed by atoms with Gasteiger partial charge in [-0.05, 0) is 36.4 Å². The molecule has 6 heteroatoms. The normalized spacial score (nSPS) is 10.2. The molecule has 0 aliphatic rings. The SMILES string of the molecule is COC(=O)c1cc(Nc2cc(F)ccc2Cl)ccc1N. The molecule has 20 heavy (non-hydrogen) atoms. The lowest BCUT2D eigenvalue weighted by Gasteiger charge is -2.11. The highest BCUT2D eigenvalue weighted by Crippen LogP contribution is 2.28. The van der Waals surface area contributed by atoms with E-state index in [0.717, 1.165) is 0 Å². The summed E-state index contributed by atoms with van der Waals surface area (Å²) in [6, 6.07) is 8.69. The number of hydrogen-bond donors (Lipinski definition) is 2. The average molecular weight is 295 g/mol. The van der Waals surface area contributed by atoms with Gasteiger partial charge < -0.3 is 15.8 Å². The molecule has 0 amide bonds. The monoisotopic (exact) mass is 294 g/mol. The molecule has 0 unspecified atom stereocenters. The van der Waals surface area contributed by atoms with Gasteiger partial charge in [0, 0.05) is 11.4 Å². The Hall–Kier alpha value is -2.27. The van der Waals surface area contributed by atoms with Crippen molar-refractivity contribution in [1.82, 2.24) is 0 Å². The van der Waals surface area contributed by atoms with Gasteiger partial charge in [0.15, 0.2) is 0 Å². The fraction of sp³-hybridized carbons (Fsp3) is 0.0714. The van der Waals surface area contributed by atoms with Gasteiger partial charge in [0.1, 0.15) is 5.82 Å². The summed E-state index contributed by atoms with van der Waals surface area (Å²) >= 11 is 5.96. The molecule has 3 N–H and O–H groups in total. The molecule has 2 rings (SSSR count). The number of nitrogens with two attached hydrogens (primary N) is 1. The van der Waals surface area contributed by atoms with E-state index < -0.39 is 11.8 Å². The Kier molecular flexibility index (Phi) is 4.10. The largest absolute Gasteiger partial charge is 0.465 e. The Morgan fingerprint density at radius 1 is 1.30 bits per heavy atom. The molecule has 0 bridgehead atoms. The second kappa shape index (κ2) is 5.79. The summed E-state index contributed by atoms with van der Waals surface area (Å²) in [5.74, 6) is -0.961. The first-order valence-electron chi connectivity index (χ1n) is 5.71. The Bertz CT molecular complexity index is 662. The van der Waals surface area contributed by atoms with E-state index in [4.69, 9.17) is 17.3 Å². The number of anilines is 3. The van der Waals surface area contributed by atoms with Gasteiger partial charge >= 0.3 is 5.97 Å². The highest BCUT2D eigenvalue weighted by molar-refractivity contribution is 6.33. The molecule has 0 radical (unpaired) electrons. The Morgan fingerprint density at radius 3 is 2.75 bits per heavy atom. The summed E-state index contributed by atoms with van der Waals surface area (Å²) in [6.45, 7) is 0. The quantitative estimate of drug-likeness (QED) is 0.671. The van der Waals surface area contributed by atoms with E-state index in [9.17, 15) is 9.18 Å². The number of ether oxygens (including phenoxy) is 1. The minimum Gasteiger partial charge on any atom is -0.465 e. The molecule has 2 aromatic carbocycles. The van der Waals surface area contributed by atoms with Crippen LogP contribution in [0.15, 0.2) is 36.4 Å².